The molecule has 0 radical (unpaired) electrons. The molecule has 16 heteroatoms. The van der Waals surface area contributed by atoms with Gasteiger partial charge in [0.25, 0.3) is 5.91 Å². The number of imide groups is 1. The Morgan fingerprint density at radius 2 is 1.77 bits per heavy atom. The molecule has 5 aromatic rings. The van der Waals surface area contributed by atoms with Gasteiger partial charge in [-0.15, -0.1) is 0 Å². The average molecular weight is 773 g/mol. The number of nitrogens with one attached hydrogen (secondary N) is 2. The van der Waals surface area contributed by atoms with Crippen LogP contribution in [0.2, 0.25) is 0 Å². The van der Waals surface area contributed by atoms with Crippen molar-refractivity contribution in [2.75, 3.05) is 32.1 Å². The van der Waals surface area contributed by atoms with Crippen molar-refractivity contribution in [2.24, 2.45) is 13.0 Å². The molecule has 56 heavy (non-hydrogen) atoms. The van der Waals surface area contributed by atoms with Crippen LogP contribution in [0.1, 0.15) is 91.0 Å². The third-order valence-corrected chi connectivity index (χ3v) is 11.8. The van der Waals surface area contributed by atoms with E-state index in [0.717, 1.165) is 98.5 Å². The lowest BCUT2D eigenvalue weighted by Gasteiger charge is -2.37. The van der Waals surface area contributed by atoms with E-state index in [9.17, 15) is 32.3 Å². The zero-order valence-corrected chi connectivity index (χ0v) is 31.1. The van der Waals surface area contributed by atoms with Gasteiger partial charge in [0.05, 0.1) is 41.0 Å². The lowest BCUT2D eigenvalue weighted by atomic mass is 9.84. The molecule has 3 aromatic heterocycles. The molecule has 13 nitrogen and oxygen atoms in total. The lowest BCUT2D eigenvalue weighted by Crippen LogP contribution is -2.44. The maximum absolute atomic E-state index is 13.4. The number of hydrogen-bond acceptors (Lipinski definition) is 8. The number of methoxy groups -OCH3 is 1. The summed E-state index contributed by atoms with van der Waals surface area (Å²) in [5.74, 6) is -0.101. The number of aromatic nitrogens is 5. The minimum atomic E-state index is -4.60. The van der Waals surface area contributed by atoms with Crippen molar-refractivity contribution in [3.8, 4) is 5.75 Å². The van der Waals surface area contributed by atoms with E-state index >= 15 is 0 Å². The van der Waals surface area contributed by atoms with Crippen LogP contribution in [0.15, 0.2) is 59.7 Å². The van der Waals surface area contributed by atoms with Gasteiger partial charge in [0, 0.05) is 43.9 Å². The van der Waals surface area contributed by atoms with Crippen LogP contribution in [-0.4, -0.2) is 73.3 Å². The number of nitrogens with zero attached hydrogens (tertiary/aromatic N) is 6. The average Bonchev–Trinajstić information content (AvgIpc) is 3.72. The maximum atomic E-state index is 13.4. The number of amides is 3. The Morgan fingerprint density at radius 3 is 2.45 bits per heavy atom. The normalized spacial score (nSPS) is 21.4. The Labute approximate surface area is 319 Å². The smallest absolute Gasteiger partial charge is 0.433 e. The van der Waals surface area contributed by atoms with E-state index in [1.54, 1.807) is 28.3 Å². The highest BCUT2D eigenvalue weighted by molar-refractivity contribution is 6.06. The minimum absolute atomic E-state index is 0.0121. The van der Waals surface area contributed by atoms with Gasteiger partial charge in [-0.2, -0.15) is 18.3 Å². The van der Waals surface area contributed by atoms with Crippen LogP contribution in [-0.2, 0) is 22.8 Å². The Bertz CT molecular complexity index is 2370. The Morgan fingerprint density at radius 1 is 1.00 bits per heavy atom. The molecule has 1 saturated carbocycles. The first-order valence-electron chi connectivity index (χ1n) is 19.0. The van der Waals surface area contributed by atoms with Gasteiger partial charge < -0.3 is 15.0 Å². The number of carbonyl (C=O) groups excluding carboxylic acids is 3. The van der Waals surface area contributed by atoms with Gasteiger partial charge in [-0.3, -0.25) is 38.5 Å². The van der Waals surface area contributed by atoms with Gasteiger partial charge in [-0.05, 0) is 99.7 Å². The second-order valence-electron chi connectivity index (χ2n) is 15.2. The number of hydrogen-bond donors (Lipinski definition) is 2. The maximum Gasteiger partial charge on any atom is 0.433 e. The van der Waals surface area contributed by atoms with Gasteiger partial charge in [0.2, 0.25) is 11.8 Å². The summed E-state index contributed by atoms with van der Waals surface area (Å²) >= 11 is 0. The monoisotopic (exact) mass is 772 g/mol. The predicted molar refractivity (Wildman–Crippen MR) is 201 cm³/mol. The molecule has 3 fully saturated rings. The van der Waals surface area contributed by atoms with E-state index in [1.807, 2.05) is 23.0 Å². The Hall–Kier alpha value is -5.51. The number of fused-ring (bicyclic) bond motifs is 2. The highest BCUT2D eigenvalue weighted by Gasteiger charge is 2.34. The summed E-state index contributed by atoms with van der Waals surface area (Å²) in [5, 5.41) is 10.8. The zero-order chi connectivity index (χ0) is 39.3. The van der Waals surface area contributed by atoms with E-state index in [0.29, 0.717) is 29.3 Å². The molecule has 3 amide bonds. The quantitative estimate of drug-likeness (QED) is 0.184. The number of ether oxygens (including phenoxy) is 1. The molecular weight excluding hydrogens is 729 g/mol. The first-order valence-corrected chi connectivity index (χ1v) is 19.0. The standard InChI is InChI=1S/C40H43F3N8O5/c1-48-36-28(4-3-5-31(36)51(39(48)55)32-11-13-35(52)46-38(32)54)24-14-16-49(17-15-24)21-23-6-9-27(10-7-23)50-22-26-18-30(33(56-2)19-29(26)47-50)45-37(53)25-8-12-34(44-20-25)40(41,42)43/h3-5,8,12,18-20,22-24,27,32H,6-7,9-11,13-17,21H2,1-2H3,(H,45,53)(H,46,52,54)/t23-,27-,32?. The molecule has 1 atom stereocenters. The molecule has 2 saturated heterocycles. The third kappa shape index (κ3) is 7.17. The summed E-state index contributed by atoms with van der Waals surface area (Å²) in [6, 6.07) is 10.9. The molecule has 294 valence electrons. The lowest BCUT2D eigenvalue weighted by molar-refractivity contribution is -0.141. The molecule has 8 rings (SSSR count). The number of halogens is 3. The van der Waals surface area contributed by atoms with E-state index in [1.165, 1.54) is 7.11 Å². The highest BCUT2D eigenvalue weighted by atomic mass is 19.4. The number of likely N-dealkylation sites (tertiary alicyclic amines) is 1. The summed E-state index contributed by atoms with van der Waals surface area (Å²) in [5.41, 5.74) is 2.48. The molecule has 1 unspecified atom stereocenters. The number of para-hydroxylation sites is 1. The fraction of sp³-hybridized carbons (Fsp3) is 0.450. The molecule has 2 N–H and O–H groups in total. The number of anilines is 1. The number of pyridine rings is 1. The van der Waals surface area contributed by atoms with E-state index < -0.39 is 29.7 Å². The van der Waals surface area contributed by atoms with Crippen LogP contribution < -0.4 is 21.1 Å². The Kier molecular flexibility index (Phi) is 9.93. The van der Waals surface area contributed by atoms with Crippen LogP contribution >= 0.6 is 0 Å². The molecule has 2 aromatic carbocycles. The zero-order valence-electron chi connectivity index (χ0n) is 31.1. The molecule has 3 aliphatic rings. The van der Waals surface area contributed by atoms with Crippen molar-refractivity contribution < 1.29 is 32.3 Å². The number of piperidine rings is 2. The van der Waals surface area contributed by atoms with Gasteiger partial charge in [-0.1, -0.05) is 12.1 Å². The summed E-state index contributed by atoms with van der Waals surface area (Å²) in [7, 11) is 3.24. The van der Waals surface area contributed by atoms with Crippen molar-refractivity contribution in [1.82, 2.24) is 34.1 Å². The second kappa shape index (κ2) is 14.9. The second-order valence-corrected chi connectivity index (χ2v) is 15.2. The predicted octanol–water partition coefficient (Wildman–Crippen LogP) is 5.95. The summed E-state index contributed by atoms with van der Waals surface area (Å²) in [4.78, 5) is 56.7. The van der Waals surface area contributed by atoms with Gasteiger partial charge in [0.15, 0.2) is 0 Å². The van der Waals surface area contributed by atoms with E-state index in [2.05, 4.69) is 26.6 Å². The fourth-order valence-corrected chi connectivity index (χ4v) is 8.83. The molecule has 2 aliphatic heterocycles. The van der Waals surface area contributed by atoms with Gasteiger partial charge in [0.1, 0.15) is 17.5 Å². The molecule has 0 bridgehead atoms. The number of benzene rings is 2. The number of carbonyl (C=O) groups is 3. The topological polar surface area (TPSA) is 145 Å². The van der Waals surface area contributed by atoms with Gasteiger partial charge in [-0.25, -0.2) is 4.79 Å². The number of rotatable bonds is 8. The SMILES string of the molecule is COc1cc2nn([C@H]3CC[C@H](CN4CCC(c5cccc6c5n(C)c(=O)n6C5CCC(=O)NC5=O)CC4)CC3)cc2cc1NC(=O)c1ccc(C(F)(F)F)nc1. The Balaban J connectivity index is 0.871. The van der Waals surface area contributed by atoms with Crippen LogP contribution in [0.25, 0.3) is 21.9 Å². The van der Waals surface area contributed by atoms with Crippen molar-refractivity contribution in [3.63, 3.8) is 0 Å². The van der Waals surface area contributed by atoms with Crippen LogP contribution in [0, 0.1) is 5.92 Å². The summed E-state index contributed by atoms with van der Waals surface area (Å²) in [6.07, 6.45) is 4.84. The molecule has 1 aliphatic carbocycles. The van der Waals surface area contributed by atoms with Crippen molar-refractivity contribution in [3.05, 3.63) is 82.2 Å². The van der Waals surface area contributed by atoms with Crippen LogP contribution in [0.5, 0.6) is 5.75 Å². The molecular formula is C40H43F3N8O5. The van der Waals surface area contributed by atoms with E-state index in [-0.39, 0.29) is 35.5 Å². The number of imidazole rings is 1. The van der Waals surface area contributed by atoms with Crippen molar-refractivity contribution >= 4 is 45.3 Å². The highest BCUT2D eigenvalue weighted by Crippen LogP contribution is 2.38. The summed E-state index contributed by atoms with van der Waals surface area (Å²) < 4.78 is 49.5. The molecule has 5 heterocycles. The van der Waals surface area contributed by atoms with Crippen LogP contribution in [0.3, 0.4) is 0 Å². The summed E-state index contributed by atoms with van der Waals surface area (Å²) in [6.45, 7) is 2.95. The number of alkyl halides is 3. The molecule has 0 spiro atoms. The first-order chi connectivity index (χ1) is 26.9. The minimum Gasteiger partial charge on any atom is -0.494 e. The van der Waals surface area contributed by atoms with Gasteiger partial charge >= 0.3 is 11.9 Å². The van der Waals surface area contributed by atoms with Crippen molar-refractivity contribution in [2.45, 2.75) is 75.5 Å². The number of aryl methyl sites for hydroxylation is 1. The first kappa shape index (κ1) is 37.4. The van der Waals surface area contributed by atoms with Crippen LogP contribution in [0.4, 0.5) is 18.9 Å². The van der Waals surface area contributed by atoms with Crippen molar-refractivity contribution in [1.29, 1.82) is 0 Å². The fourth-order valence-electron chi connectivity index (χ4n) is 8.83. The largest absolute Gasteiger partial charge is 0.494 e. The van der Waals surface area contributed by atoms with E-state index in [4.69, 9.17) is 9.84 Å². The third-order valence-electron chi connectivity index (χ3n) is 11.8.